The van der Waals surface area contributed by atoms with Crippen molar-refractivity contribution in [2.75, 3.05) is 45.3 Å². The van der Waals surface area contributed by atoms with Crippen molar-refractivity contribution in [2.24, 2.45) is 7.05 Å². The predicted octanol–water partition coefficient (Wildman–Crippen LogP) is 4.90. The lowest BCUT2D eigenvalue weighted by molar-refractivity contribution is 0.0751. The number of hydrogen-bond donors (Lipinski definition) is 0. The first-order chi connectivity index (χ1) is 16.9. The van der Waals surface area contributed by atoms with Crippen LogP contribution in [-0.4, -0.2) is 61.0 Å². The van der Waals surface area contributed by atoms with E-state index >= 15 is 0 Å². The van der Waals surface area contributed by atoms with Crippen LogP contribution in [0, 0.1) is 13.8 Å². The van der Waals surface area contributed by atoms with Crippen molar-refractivity contribution in [1.82, 2.24) is 14.7 Å². The van der Waals surface area contributed by atoms with Crippen LogP contribution in [0.1, 0.15) is 20.8 Å². The van der Waals surface area contributed by atoms with E-state index in [1.807, 2.05) is 40.9 Å². The number of nitrogens with zero attached hydrogens (tertiary/aromatic N) is 4. The lowest BCUT2D eigenvalue weighted by Crippen LogP contribution is -2.48. The summed E-state index contributed by atoms with van der Waals surface area (Å²) in [7, 11) is 5.16. The Morgan fingerprint density at radius 2 is 1.69 bits per heavy atom. The number of ether oxygens (including phenoxy) is 2. The number of rotatable bonds is 5. The zero-order chi connectivity index (χ0) is 24.7. The zero-order valence-corrected chi connectivity index (χ0v) is 21.6. The first-order valence-electron chi connectivity index (χ1n) is 11.7. The van der Waals surface area contributed by atoms with E-state index in [-0.39, 0.29) is 5.91 Å². The highest BCUT2D eigenvalue weighted by Gasteiger charge is 2.26. The van der Waals surface area contributed by atoms with Gasteiger partial charge in [-0.25, -0.2) is 0 Å². The lowest BCUT2D eigenvalue weighted by atomic mass is 10.1. The van der Waals surface area contributed by atoms with Crippen LogP contribution in [0.25, 0.3) is 21.5 Å². The highest BCUT2D eigenvalue weighted by Crippen LogP contribution is 2.38. The first kappa shape index (κ1) is 23.2. The second-order valence-electron chi connectivity index (χ2n) is 8.94. The number of hydrogen-bond acceptors (Lipinski definition) is 6. The van der Waals surface area contributed by atoms with Gasteiger partial charge in [0.05, 0.1) is 19.1 Å². The molecular weight excluding hydrogens is 460 g/mol. The van der Waals surface area contributed by atoms with Gasteiger partial charge < -0.3 is 19.3 Å². The van der Waals surface area contributed by atoms with E-state index in [2.05, 4.69) is 36.9 Å². The maximum atomic E-state index is 13.4. The van der Waals surface area contributed by atoms with Crippen molar-refractivity contribution in [2.45, 2.75) is 13.8 Å². The molecule has 4 aromatic rings. The van der Waals surface area contributed by atoms with Gasteiger partial charge in [0.1, 0.15) is 10.5 Å². The second-order valence-corrected chi connectivity index (χ2v) is 9.97. The minimum absolute atomic E-state index is 0.0880. The molecule has 0 radical (unpaired) electrons. The van der Waals surface area contributed by atoms with Crippen molar-refractivity contribution in [1.29, 1.82) is 0 Å². The smallest absolute Gasteiger partial charge is 0.264 e. The molecule has 2 aromatic carbocycles. The van der Waals surface area contributed by atoms with E-state index in [0.717, 1.165) is 39.4 Å². The molecule has 1 amide bonds. The van der Waals surface area contributed by atoms with E-state index in [1.54, 1.807) is 14.2 Å². The molecule has 182 valence electrons. The van der Waals surface area contributed by atoms with Crippen molar-refractivity contribution in [3.05, 3.63) is 58.5 Å². The molecule has 1 aliphatic rings. The Hall–Kier alpha value is -3.52. The summed E-state index contributed by atoms with van der Waals surface area (Å²) in [6.45, 7) is 7.35. The van der Waals surface area contributed by atoms with Crippen molar-refractivity contribution < 1.29 is 14.3 Å². The van der Waals surface area contributed by atoms with Gasteiger partial charge in [-0.1, -0.05) is 12.1 Å². The number of carbonyl (C=O) groups excluding carboxylic acids is 1. The Morgan fingerprint density at radius 3 is 2.40 bits per heavy atom. The van der Waals surface area contributed by atoms with Crippen molar-refractivity contribution in [3.8, 4) is 22.8 Å². The third-order valence-corrected chi connectivity index (χ3v) is 7.84. The summed E-state index contributed by atoms with van der Waals surface area (Å²) in [6.07, 6.45) is 0. The summed E-state index contributed by atoms with van der Waals surface area (Å²) in [6, 6.07) is 14.3. The molecule has 5 rings (SSSR count). The van der Waals surface area contributed by atoms with Crippen LogP contribution in [-0.2, 0) is 7.05 Å². The molecule has 7 nitrogen and oxygen atoms in total. The van der Waals surface area contributed by atoms with Crippen molar-refractivity contribution in [3.63, 3.8) is 0 Å². The van der Waals surface area contributed by atoms with Crippen molar-refractivity contribution >= 4 is 33.1 Å². The normalized spacial score (nSPS) is 14.0. The number of aryl methyl sites for hydroxylation is 3. The van der Waals surface area contributed by atoms with Gasteiger partial charge >= 0.3 is 0 Å². The summed E-state index contributed by atoms with van der Waals surface area (Å²) < 4.78 is 12.7. The van der Waals surface area contributed by atoms with Gasteiger partial charge in [-0.15, -0.1) is 11.3 Å². The molecule has 0 unspecified atom stereocenters. The molecule has 0 saturated carbocycles. The molecule has 0 N–H and O–H groups in total. The number of thiophene rings is 1. The van der Waals surface area contributed by atoms with Crippen LogP contribution in [0.15, 0.2) is 42.5 Å². The zero-order valence-electron chi connectivity index (χ0n) is 20.8. The van der Waals surface area contributed by atoms with Crippen LogP contribution in [0.5, 0.6) is 11.5 Å². The molecule has 2 aromatic heterocycles. The van der Waals surface area contributed by atoms with Gasteiger partial charge in [0, 0.05) is 49.9 Å². The van der Waals surface area contributed by atoms with Crippen LogP contribution < -0.4 is 14.4 Å². The number of anilines is 1. The maximum Gasteiger partial charge on any atom is 0.264 e. The molecule has 0 atom stereocenters. The van der Waals surface area contributed by atoms with Crippen LogP contribution in [0.4, 0.5) is 5.69 Å². The number of aromatic nitrogens is 2. The average Bonchev–Trinajstić information content (AvgIpc) is 3.45. The predicted molar refractivity (Wildman–Crippen MR) is 141 cm³/mol. The molecule has 35 heavy (non-hydrogen) atoms. The quantitative estimate of drug-likeness (QED) is 0.398. The average molecular weight is 491 g/mol. The van der Waals surface area contributed by atoms with Crippen LogP contribution in [0.2, 0.25) is 0 Å². The first-order valence-corrected chi connectivity index (χ1v) is 12.5. The molecule has 0 bridgehead atoms. The number of piperazine rings is 1. The second kappa shape index (κ2) is 9.26. The van der Waals surface area contributed by atoms with E-state index in [0.29, 0.717) is 24.6 Å². The molecule has 1 saturated heterocycles. The Bertz CT molecular complexity index is 1400. The van der Waals surface area contributed by atoms with E-state index < -0.39 is 0 Å². The Morgan fingerprint density at radius 1 is 0.943 bits per heavy atom. The summed E-state index contributed by atoms with van der Waals surface area (Å²) in [4.78, 5) is 19.5. The van der Waals surface area contributed by atoms with E-state index in [4.69, 9.17) is 14.6 Å². The molecule has 1 aliphatic heterocycles. The van der Waals surface area contributed by atoms with E-state index in [9.17, 15) is 4.79 Å². The number of methoxy groups -OCH3 is 2. The van der Waals surface area contributed by atoms with Gasteiger partial charge in [-0.3, -0.25) is 9.48 Å². The summed E-state index contributed by atoms with van der Waals surface area (Å²) >= 11 is 1.50. The fraction of sp³-hybridized carbons (Fsp3) is 0.333. The number of fused-ring (bicyclic) bond motifs is 1. The minimum atomic E-state index is 0.0880. The molecule has 8 heteroatoms. The van der Waals surface area contributed by atoms with Crippen LogP contribution in [0.3, 0.4) is 0 Å². The standard InChI is InChI=1S/C27H30N4O3S/c1-17-6-7-18(2)21(14-17)30-10-12-31(13-11-30)26(32)24-16-20-25(28-29(3)27(20)35-24)19-8-9-22(33-4)23(15-19)34-5/h6-9,14-16H,10-13H2,1-5H3. The van der Waals surface area contributed by atoms with Crippen LogP contribution >= 0.6 is 11.3 Å². The lowest BCUT2D eigenvalue weighted by Gasteiger charge is -2.36. The molecule has 0 spiro atoms. The third-order valence-electron chi connectivity index (χ3n) is 6.65. The number of benzene rings is 2. The van der Waals surface area contributed by atoms with Gasteiger partial charge in [0.25, 0.3) is 5.91 Å². The Balaban J connectivity index is 1.38. The fourth-order valence-corrected chi connectivity index (χ4v) is 5.75. The van der Waals surface area contributed by atoms with Gasteiger partial charge in [0.15, 0.2) is 11.5 Å². The highest BCUT2D eigenvalue weighted by atomic mass is 32.1. The topological polar surface area (TPSA) is 59.8 Å². The van der Waals surface area contributed by atoms with Gasteiger partial charge in [0.2, 0.25) is 0 Å². The Labute approximate surface area is 209 Å². The van der Waals surface area contributed by atoms with Gasteiger partial charge in [-0.05, 0) is 55.3 Å². The third kappa shape index (κ3) is 4.23. The number of carbonyl (C=O) groups is 1. The highest BCUT2D eigenvalue weighted by molar-refractivity contribution is 7.20. The SMILES string of the molecule is COc1ccc(-c2nn(C)c3sc(C(=O)N4CCN(c5cc(C)ccc5C)CC4)cc23)cc1OC. The number of amides is 1. The summed E-state index contributed by atoms with van der Waals surface area (Å²) in [5.74, 6) is 1.41. The Kier molecular flexibility index (Phi) is 6.15. The maximum absolute atomic E-state index is 13.4. The molecule has 1 fully saturated rings. The largest absolute Gasteiger partial charge is 0.493 e. The summed E-state index contributed by atoms with van der Waals surface area (Å²) in [5, 5.41) is 5.70. The monoisotopic (exact) mass is 490 g/mol. The fourth-order valence-electron chi connectivity index (χ4n) is 4.71. The van der Waals surface area contributed by atoms with Gasteiger partial charge in [-0.2, -0.15) is 5.10 Å². The summed E-state index contributed by atoms with van der Waals surface area (Å²) in [5.41, 5.74) is 5.55. The molecule has 0 aliphatic carbocycles. The molecule has 3 heterocycles. The minimum Gasteiger partial charge on any atom is -0.493 e. The van der Waals surface area contributed by atoms with E-state index in [1.165, 1.54) is 28.2 Å². The molecular formula is C27H30N4O3S.